The minimum absolute atomic E-state index is 0.0558. The molecular formula is C23H27N3O5S2. The lowest BCUT2D eigenvalue weighted by Crippen LogP contribution is -2.31. The van der Waals surface area contributed by atoms with Gasteiger partial charge in [-0.25, -0.2) is 13.4 Å². The van der Waals surface area contributed by atoms with Crippen LogP contribution in [0.3, 0.4) is 0 Å². The summed E-state index contributed by atoms with van der Waals surface area (Å²) in [5.41, 5.74) is 1.30. The summed E-state index contributed by atoms with van der Waals surface area (Å²) in [5.74, 6) is 1.35. The van der Waals surface area contributed by atoms with Gasteiger partial charge in [0.2, 0.25) is 5.91 Å². The Morgan fingerprint density at radius 1 is 1.15 bits per heavy atom. The van der Waals surface area contributed by atoms with Crippen molar-refractivity contribution in [3.63, 3.8) is 0 Å². The third kappa shape index (κ3) is 6.20. The standard InChI is InChI=1S/C23H27N3O5S2/c1-30-18-9-7-17(8-10-18)26-33(28,29)19-11-12-21-20(13-19)25-23(31-21)32-15-22(27)24-14-16-5-3-2-4-6-16/h7-13,16,26H,2-6,14-15H2,1H3,(H,24,27). The van der Waals surface area contributed by atoms with Gasteiger partial charge in [-0.15, -0.1) is 0 Å². The third-order valence-corrected chi connectivity index (χ3v) is 7.84. The van der Waals surface area contributed by atoms with Crippen LogP contribution >= 0.6 is 11.8 Å². The molecule has 1 aliphatic carbocycles. The smallest absolute Gasteiger partial charge is 0.261 e. The van der Waals surface area contributed by atoms with Crippen LogP contribution in [-0.4, -0.2) is 38.7 Å². The number of carbonyl (C=O) groups excluding carboxylic acids is 1. The highest BCUT2D eigenvalue weighted by Crippen LogP contribution is 2.27. The van der Waals surface area contributed by atoms with Crippen molar-refractivity contribution >= 4 is 44.5 Å². The molecule has 1 aromatic heterocycles. The number of benzene rings is 2. The largest absolute Gasteiger partial charge is 0.497 e. The van der Waals surface area contributed by atoms with Crippen molar-refractivity contribution in [2.75, 3.05) is 24.1 Å². The zero-order valence-electron chi connectivity index (χ0n) is 18.4. The lowest BCUT2D eigenvalue weighted by atomic mass is 9.89. The van der Waals surface area contributed by atoms with Crippen LogP contribution < -0.4 is 14.8 Å². The van der Waals surface area contributed by atoms with Crippen LogP contribution in [0.15, 0.2) is 57.0 Å². The predicted octanol–water partition coefficient (Wildman–Crippen LogP) is 4.43. The summed E-state index contributed by atoms with van der Waals surface area (Å²) in [4.78, 5) is 16.6. The first-order chi connectivity index (χ1) is 15.9. The van der Waals surface area contributed by atoms with Crippen molar-refractivity contribution in [1.82, 2.24) is 10.3 Å². The second kappa shape index (κ2) is 10.5. The van der Waals surface area contributed by atoms with Gasteiger partial charge < -0.3 is 14.5 Å². The summed E-state index contributed by atoms with van der Waals surface area (Å²) >= 11 is 1.19. The van der Waals surface area contributed by atoms with Crippen LogP contribution in [-0.2, 0) is 14.8 Å². The summed E-state index contributed by atoms with van der Waals surface area (Å²) in [5, 5.41) is 3.32. The highest BCUT2D eigenvalue weighted by molar-refractivity contribution is 7.99. The highest BCUT2D eigenvalue weighted by atomic mass is 32.2. The van der Waals surface area contributed by atoms with E-state index in [1.807, 2.05) is 0 Å². The van der Waals surface area contributed by atoms with E-state index in [0.717, 1.165) is 6.54 Å². The van der Waals surface area contributed by atoms with Gasteiger partial charge in [0, 0.05) is 12.2 Å². The van der Waals surface area contributed by atoms with Crippen LogP contribution in [0.25, 0.3) is 11.1 Å². The molecule has 176 valence electrons. The molecule has 0 unspecified atom stereocenters. The fourth-order valence-corrected chi connectivity index (χ4v) is 5.56. The van der Waals surface area contributed by atoms with Crippen molar-refractivity contribution in [3.05, 3.63) is 42.5 Å². The van der Waals surface area contributed by atoms with Gasteiger partial charge in [0.25, 0.3) is 15.2 Å². The summed E-state index contributed by atoms with van der Waals surface area (Å²) < 4.78 is 38.8. The molecule has 1 amide bonds. The number of oxazole rings is 1. The molecule has 3 aromatic rings. The van der Waals surface area contributed by atoms with E-state index in [1.165, 1.54) is 56.0 Å². The van der Waals surface area contributed by atoms with Crippen molar-refractivity contribution < 1.29 is 22.4 Å². The number of hydrogen-bond donors (Lipinski definition) is 2. The van der Waals surface area contributed by atoms with Crippen LogP contribution in [0.2, 0.25) is 0 Å². The summed E-state index contributed by atoms with van der Waals surface area (Å²) in [6, 6.07) is 11.1. The van der Waals surface area contributed by atoms with Crippen molar-refractivity contribution in [2.24, 2.45) is 5.92 Å². The number of amides is 1. The maximum Gasteiger partial charge on any atom is 0.261 e. The van der Waals surface area contributed by atoms with Crippen LogP contribution in [0.4, 0.5) is 5.69 Å². The number of hydrogen-bond acceptors (Lipinski definition) is 7. The average Bonchev–Trinajstić information content (AvgIpc) is 3.25. The molecule has 0 aliphatic heterocycles. The molecule has 0 saturated heterocycles. The van der Waals surface area contributed by atoms with Gasteiger partial charge in [-0.05, 0) is 61.2 Å². The van der Waals surface area contributed by atoms with Gasteiger partial charge in [-0.2, -0.15) is 0 Å². The van der Waals surface area contributed by atoms with Gasteiger partial charge in [0.05, 0.1) is 17.8 Å². The minimum atomic E-state index is -3.80. The molecule has 0 radical (unpaired) electrons. The number of aromatic nitrogens is 1. The fraction of sp³-hybridized carbons (Fsp3) is 0.391. The number of nitrogens with one attached hydrogen (secondary N) is 2. The third-order valence-electron chi connectivity index (χ3n) is 5.63. The van der Waals surface area contributed by atoms with E-state index in [1.54, 1.807) is 37.4 Å². The molecule has 1 saturated carbocycles. The molecule has 1 fully saturated rings. The lowest BCUT2D eigenvalue weighted by Gasteiger charge is -2.21. The van der Waals surface area contributed by atoms with E-state index in [9.17, 15) is 13.2 Å². The molecule has 8 nitrogen and oxygen atoms in total. The number of methoxy groups -OCH3 is 1. The van der Waals surface area contributed by atoms with Gasteiger partial charge in [0.1, 0.15) is 11.3 Å². The van der Waals surface area contributed by atoms with Crippen LogP contribution in [0.5, 0.6) is 5.75 Å². The van der Waals surface area contributed by atoms with Crippen LogP contribution in [0, 0.1) is 5.92 Å². The van der Waals surface area contributed by atoms with E-state index in [-0.39, 0.29) is 16.6 Å². The first-order valence-electron chi connectivity index (χ1n) is 10.9. The van der Waals surface area contributed by atoms with E-state index in [2.05, 4.69) is 15.0 Å². The Kier molecular flexibility index (Phi) is 7.44. The molecule has 2 N–H and O–H groups in total. The monoisotopic (exact) mass is 489 g/mol. The van der Waals surface area contributed by atoms with Gasteiger partial charge in [0.15, 0.2) is 5.58 Å². The number of anilines is 1. The van der Waals surface area contributed by atoms with Crippen molar-refractivity contribution in [1.29, 1.82) is 0 Å². The van der Waals surface area contributed by atoms with E-state index in [0.29, 0.717) is 33.7 Å². The first kappa shape index (κ1) is 23.4. The normalized spacial score (nSPS) is 14.8. The Hall–Kier alpha value is -2.72. The van der Waals surface area contributed by atoms with Gasteiger partial charge >= 0.3 is 0 Å². The highest BCUT2D eigenvalue weighted by Gasteiger charge is 2.18. The molecule has 33 heavy (non-hydrogen) atoms. The molecule has 1 heterocycles. The molecule has 10 heteroatoms. The SMILES string of the molecule is COc1ccc(NS(=O)(=O)c2ccc3oc(SCC(=O)NCC4CCCCC4)nc3c2)cc1. The second-order valence-corrected chi connectivity index (χ2v) is 10.6. The van der Waals surface area contributed by atoms with Crippen molar-refractivity contribution in [2.45, 2.75) is 42.2 Å². The molecule has 0 spiro atoms. The van der Waals surface area contributed by atoms with E-state index >= 15 is 0 Å². The number of rotatable bonds is 9. The quantitative estimate of drug-likeness (QED) is 0.428. The second-order valence-electron chi connectivity index (χ2n) is 8.04. The number of thioether (sulfide) groups is 1. The minimum Gasteiger partial charge on any atom is -0.497 e. The Bertz CT molecular complexity index is 1200. The average molecular weight is 490 g/mol. The fourth-order valence-electron chi connectivity index (χ4n) is 3.82. The maximum absolute atomic E-state index is 12.8. The van der Waals surface area contributed by atoms with Crippen LogP contribution in [0.1, 0.15) is 32.1 Å². The molecule has 0 bridgehead atoms. The first-order valence-corrected chi connectivity index (χ1v) is 13.4. The Morgan fingerprint density at radius 3 is 2.64 bits per heavy atom. The molecule has 0 atom stereocenters. The number of fused-ring (bicyclic) bond motifs is 1. The van der Waals surface area contributed by atoms with Gasteiger partial charge in [-0.3, -0.25) is 9.52 Å². The molecule has 1 aliphatic rings. The van der Waals surface area contributed by atoms with E-state index < -0.39 is 10.0 Å². The van der Waals surface area contributed by atoms with E-state index in [4.69, 9.17) is 9.15 Å². The zero-order chi connectivity index (χ0) is 23.3. The molecule has 4 rings (SSSR count). The van der Waals surface area contributed by atoms with Gasteiger partial charge in [-0.1, -0.05) is 31.0 Å². The Balaban J connectivity index is 1.36. The number of carbonyl (C=O) groups is 1. The molecule has 2 aromatic carbocycles. The number of nitrogens with zero attached hydrogens (tertiary/aromatic N) is 1. The summed E-state index contributed by atoms with van der Waals surface area (Å²) in [7, 11) is -2.26. The molecular weight excluding hydrogens is 462 g/mol. The topological polar surface area (TPSA) is 111 Å². The summed E-state index contributed by atoms with van der Waals surface area (Å²) in [6.07, 6.45) is 6.13. The number of ether oxygens (including phenoxy) is 1. The number of sulfonamides is 1. The lowest BCUT2D eigenvalue weighted by molar-refractivity contribution is -0.118. The summed E-state index contributed by atoms with van der Waals surface area (Å²) in [6.45, 7) is 0.718. The Labute approximate surface area is 197 Å². The Morgan fingerprint density at radius 2 is 1.91 bits per heavy atom. The van der Waals surface area contributed by atoms with Crippen molar-refractivity contribution in [3.8, 4) is 5.75 Å². The predicted molar refractivity (Wildman–Crippen MR) is 128 cm³/mol. The maximum atomic E-state index is 12.8. The zero-order valence-corrected chi connectivity index (χ0v) is 20.0.